The number of aliphatic hydroxyl groups is 1. The van der Waals surface area contributed by atoms with Gasteiger partial charge in [-0.2, -0.15) is 0 Å². The summed E-state index contributed by atoms with van der Waals surface area (Å²) in [6.07, 6.45) is 0.309. The summed E-state index contributed by atoms with van der Waals surface area (Å²) in [5, 5.41) is 23.5. The van der Waals surface area contributed by atoms with Crippen LogP contribution >= 0.6 is 0 Å². The number of likely N-dealkylation sites (N-methyl/N-ethyl adjacent to an activating group) is 1. The summed E-state index contributed by atoms with van der Waals surface area (Å²) in [6, 6.07) is 4.09. The summed E-state index contributed by atoms with van der Waals surface area (Å²) in [4.78, 5) is 4.09. The molecule has 0 aliphatic rings. The van der Waals surface area contributed by atoms with E-state index in [2.05, 4.69) is 5.32 Å². The quantitative estimate of drug-likeness (QED) is 0.669. The minimum Gasteiger partial charge on any atom is -0.507 e. The van der Waals surface area contributed by atoms with E-state index >= 15 is 0 Å². The van der Waals surface area contributed by atoms with Gasteiger partial charge in [0, 0.05) is 30.3 Å². The maximum absolute atomic E-state index is 10.5. The van der Waals surface area contributed by atoms with Crippen molar-refractivity contribution in [1.82, 2.24) is 15.1 Å². The van der Waals surface area contributed by atoms with Gasteiger partial charge in [0.15, 0.2) is 0 Å². The number of hydrogen-bond donors (Lipinski definition) is 3. The van der Waals surface area contributed by atoms with Crippen LogP contribution in [-0.4, -0.2) is 67.4 Å². The number of hydrogen-bond acceptors (Lipinski definition) is 5. The van der Waals surface area contributed by atoms with E-state index in [9.17, 15) is 10.2 Å². The van der Waals surface area contributed by atoms with E-state index in [0.717, 1.165) is 23.1 Å². The van der Waals surface area contributed by atoms with Crippen LogP contribution in [0.5, 0.6) is 5.75 Å². The lowest BCUT2D eigenvalue weighted by atomic mass is 9.96. The number of benzene rings is 1. The first-order valence-electron chi connectivity index (χ1n) is 7.73. The van der Waals surface area contributed by atoms with Crippen LogP contribution < -0.4 is 5.32 Å². The van der Waals surface area contributed by atoms with Crippen molar-refractivity contribution in [2.75, 3.05) is 35.2 Å². The molecule has 2 atom stereocenters. The summed E-state index contributed by atoms with van der Waals surface area (Å²) in [5.41, 5.74) is 2.99. The van der Waals surface area contributed by atoms with E-state index in [1.807, 2.05) is 57.2 Å². The van der Waals surface area contributed by atoms with Gasteiger partial charge < -0.3 is 25.3 Å². The van der Waals surface area contributed by atoms with Gasteiger partial charge in [-0.3, -0.25) is 0 Å². The Morgan fingerprint density at radius 1 is 1.05 bits per heavy atom. The van der Waals surface area contributed by atoms with Gasteiger partial charge in [0.25, 0.3) is 0 Å². The van der Waals surface area contributed by atoms with Gasteiger partial charge in [0.1, 0.15) is 5.75 Å². The van der Waals surface area contributed by atoms with Crippen molar-refractivity contribution in [2.45, 2.75) is 38.6 Å². The third-order valence-corrected chi connectivity index (χ3v) is 3.71. The number of nitrogens with one attached hydrogen (secondary N) is 1. The van der Waals surface area contributed by atoms with E-state index < -0.39 is 6.10 Å². The molecule has 0 heterocycles. The average molecular weight is 309 g/mol. The van der Waals surface area contributed by atoms with Crippen LogP contribution in [0.25, 0.3) is 0 Å². The molecule has 0 spiro atoms. The summed E-state index contributed by atoms with van der Waals surface area (Å²) < 4.78 is 0. The van der Waals surface area contributed by atoms with Gasteiger partial charge in [0.05, 0.1) is 6.10 Å². The maximum atomic E-state index is 10.5. The Morgan fingerprint density at radius 3 is 1.82 bits per heavy atom. The smallest absolute Gasteiger partial charge is 0.124 e. The zero-order chi connectivity index (χ0) is 16.9. The Hall–Kier alpha value is -1.14. The maximum Gasteiger partial charge on any atom is 0.124 e. The first kappa shape index (κ1) is 18.9. The Balaban J connectivity index is 3.15. The largest absolute Gasteiger partial charge is 0.507 e. The topological polar surface area (TPSA) is 59.0 Å². The van der Waals surface area contributed by atoms with Crippen LogP contribution in [-0.2, 0) is 19.5 Å². The summed E-state index contributed by atoms with van der Waals surface area (Å²) in [6.45, 7) is 3.18. The number of phenolic OH excluding ortho intramolecular Hbond substituents is 1. The van der Waals surface area contributed by atoms with Crippen LogP contribution in [0, 0.1) is 0 Å². The Labute approximate surface area is 134 Å². The first-order chi connectivity index (χ1) is 10.2. The molecule has 3 N–H and O–H groups in total. The molecule has 0 saturated heterocycles. The molecule has 0 saturated carbocycles. The predicted molar refractivity (Wildman–Crippen MR) is 91.1 cm³/mol. The molecule has 1 aromatic carbocycles. The van der Waals surface area contributed by atoms with Crippen LogP contribution in [0.4, 0.5) is 0 Å². The molecule has 0 aromatic heterocycles. The van der Waals surface area contributed by atoms with Crippen molar-refractivity contribution in [3.63, 3.8) is 0 Å². The first-order valence-corrected chi connectivity index (χ1v) is 7.73. The second-order valence-corrected chi connectivity index (χ2v) is 6.58. The SMILES string of the molecule is CNC(Cc1cc(CN(C)C)c(O)c(CN(C)C)c1)C(C)O. The fourth-order valence-corrected chi connectivity index (χ4v) is 2.64. The standard InChI is InChI=1S/C17H31N3O2/c1-12(21)16(18-2)9-13-7-14(10-19(3)4)17(22)15(8-13)11-20(5)6/h7-8,12,16,18,21-22H,9-11H2,1-6H3. The van der Waals surface area contributed by atoms with E-state index in [-0.39, 0.29) is 6.04 Å². The minimum atomic E-state index is -0.423. The Kier molecular flexibility index (Phi) is 7.29. The molecule has 126 valence electrons. The summed E-state index contributed by atoms with van der Waals surface area (Å²) in [7, 11) is 9.82. The van der Waals surface area contributed by atoms with Gasteiger partial charge in [-0.15, -0.1) is 0 Å². The predicted octanol–water partition coefficient (Wildman–Crippen LogP) is 1.03. The van der Waals surface area contributed by atoms with Gasteiger partial charge >= 0.3 is 0 Å². The minimum absolute atomic E-state index is 0.00366. The molecule has 5 nitrogen and oxygen atoms in total. The van der Waals surface area contributed by atoms with Crippen molar-refractivity contribution in [2.24, 2.45) is 0 Å². The van der Waals surface area contributed by atoms with Crippen LogP contribution in [0.1, 0.15) is 23.6 Å². The molecule has 5 heteroatoms. The molecule has 0 radical (unpaired) electrons. The monoisotopic (exact) mass is 309 g/mol. The van der Waals surface area contributed by atoms with E-state index in [0.29, 0.717) is 18.8 Å². The number of rotatable bonds is 8. The molecule has 2 unspecified atom stereocenters. The lowest BCUT2D eigenvalue weighted by molar-refractivity contribution is 0.149. The molecule has 22 heavy (non-hydrogen) atoms. The molecular formula is C17H31N3O2. The van der Waals surface area contributed by atoms with E-state index in [1.54, 1.807) is 6.92 Å². The van der Waals surface area contributed by atoms with Gasteiger partial charge in [-0.1, -0.05) is 12.1 Å². The number of nitrogens with zero attached hydrogens (tertiary/aromatic N) is 2. The lowest BCUT2D eigenvalue weighted by Crippen LogP contribution is -2.37. The molecule has 0 aliphatic heterocycles. The number of phenols is 1. The van der Waals surface area contributed by atoms with Crippen molar-refractivity contribution < 1.29 is 10.2 Å². The Morgan fingerprint density at radius 2 is 1.50 bits per heavy atom. The summed E-state index contributed by atoms with van der Waals surface area (Å²) >= 11 is 0. The van der Waals surface area contributed by atoms with Crippen molar-refractivity contribution in [3.05, 3.63) is 28.8 Å². The molecule has 0 aliphatic carbocycles. The molecule has 0 fully saturated rings. The number of aromatic hydroxyl groups is 1. The lowest BCUT2D eigenvalue weighted by Gasteiger charge is -2.22. The fraction of sp³-hybridized carbons (Fsp3) is 0.647. The van der Waals surface area contributed by atoms with Gasteiger partial charge in [-0.25, -0.2) is 0 Å². The summed E-state index contributed by atoms with van der Waals surface area (Å²) in [5.74, 6) is 0.379. The van der Waals surface area contributed by atoms with Gasteiger partial charge in [0.2, 0.25) is 0 Å². The Bertz CT molecular complexity index is 442. The highest BCUT2D eigenvalue weighted by Crippen LogP contribution is 2.27. The van der Waals surface area contributed by atoms with Crippen molar-refractivity contribution >= 4 is 0 Å². The van der Waals surface area contributed by atoms with Crippen LogP contribution in [0.15, 0.2) is 12.1 Å². The molecule has 1 aromatic rings. The highest BCUT2D eigenvalue weighted by molar-refractivity contribution is 5.44. The average Bonchev–Trinajstić information content (AvgIpc) is 2.39. The molecule has 1 rings (SSSR count). The second kappa shape index (κ2) is 8.48. The van der Waals surface area contributed by atoms with Crippen molar-refractivity contribution in [1.29, 1.82) is 0 Å². The highest BCUT2D eigenvalue weighted by atomic mass is 16.3. The van der Waals surface area contributed by atoms with E-state index in [1.165, 1.54) is 0 Å². The zero-order valence-electron chi connectivity index (χ0n) is 14.7. The van der Waals surface area contributed by atoms with Crippen molar-refractivity contribution in [3.8, 4) is 5.75 Å². The molecular weight excluding hydrogens is 278 g/mol. The van der Waals surface area contributed by atoms with Crippen LogP contribution in [0.3, 0.4) is 0 Å². The van der Waals surface area contributed by atoms with E-state index in [4.69, 9.17) is 0 Å². The molecule has 0 amide bonds. The van der Waals surface area contributed by atoms with Gasteiger partial charge in [-0.05, 0) is 54.1 Å². The fourth-order valence-electron chi connectivity index (χ4n) is 2.64. The van der Waals surface area contributed by atoms with Crippen LogP contribution in [0.2, 0.25) is 0 Å². The highest BCUT2D eigenvalue weighted by Gasteiger charge is 2.17. The third-order valence-electron chi connectivity index (χ3n) is 3.71. The third kappa shape index (κ3) is 5.57. The normalized spacial score (nSPS) is 14.6. The zero-order valence-corrected chi connectivity index (χ0v) is 14.7. The number of aliphatic hydroxyl groups excluding tert-OH is 1. The second-order valence-electron chi connectivity index (χ2n) is 6.58. The molecule has 0 bridgehead atoms.